The van der Waals surface area contributed by atoms with E-state index in [2.05, 4.69) is 33.1 Å². The highest BCUT2D eigenvalue weighted by atomic mass is 16.5. The summed E-state index contributed by atoms with van der Waals surface area (Å²) in [4.78, 5) is 0. The fraction of sp³-hybridized carbons (Fsp3) is 1.00. The largest absolute Gasteiger partial charge is 0.381 e. The Labute approximate surface area is 95.8 Å². The zero-order valence-corrected chi connectivity index (χ0v) is 11.0. The van der Waals surface area contributed by atoms with Crippen molar-refractivity contribution in [3.8, 4) is 0 Å². The molecule has 0 radical (unpaired) electrons. The summed E-state index contributed by atoms with van der Waals surface area (Å²) in [6.07, 6.45) is 6.16. The Morgan fingerprint density at radius 3 is 2.33 bits per heavy atom. The number of nitrogens with one attached hydrogen (secondary N) is 1. The summed E-state index contributed by atoms with van der Waals surface area (Å²) in [5.41, 5.74) is 0. The molecule has 0 fully saturated rings. The first kappa shape index (κ1) is 14.9. The van der Waals surface area contributed by atoms with Crippen molar-refractivity contribution in [3.05, 3.63) is 0 Å². The Kier molecular flexibility index (Phi) is 10.4. The Morgan fingerprint density at radius 1 is 1.07 bits per heavy atom. The van der Waals surface area contributed by atoms with Crippen LogP contribution in [0.5, 0.6) is 0 Å². The molecule has 0 saturated heterocycles. The van der Waals surface area contributed by atoms with Crippen molar-refractivity contribution in [2.75, 3.05) is 20.3 Å². The monoisotopic (exact) mass is 215 g/mol. The van der Waals surface area contributed by atoms with Crippen LogP contribution < -0.4 is 5.32 Å². The van der Waals surface area contributed by atoms with E-state index in [0.29, 0.717) is 6.04 Å². The van der Waals surface area contributed by atoms with E-state index in [-0.39, 0.29) is 0 Å². The summed E-state index contributed by atoms with van der Waals surface area (Å²) in [7, 11) is 2.06. The van der Waals surface area contributed by atoms with Gasteiger partial charge in [0.05, 0.1) is 0 Å². The topological polar surface area (TPSA) is 21.3 Å². The van der Waals surface area contributed by atoms with E-state index < -0.39 is 0 Å². The lowest BCUT2D eigenvalue weighted by Gasteiger charge is -2.14. The Balaban J connectivity index is 3.21. The van der Waals surface area contributed by atoms with Gasteiger partial charge in [0.25, 0.3) is 0 Å². The van der Waals surface area contributed by atoms with Gasteiger partial charge in [-0.05, 0) is 38.6 Å². The van der Waals surface area contributed by atoms with Crippen molar-refractivity contribution < 1.29 is 4.74 Å². The molecule has 0 rings (SSSR count). The number of hydrogen-bond donors (Lipinski definition) is 1. The van der Waals surface area contributed by atoms with Crippen molar-refractivity contribution in [3.63, 3.8) is 0 Å². The molecule has 0 saturated carbocycles. The molecule has 0 heterocycles. The first-order valence-electron chi connectivity index (χ1n) is 6.45. The van der Waals surface area contributed by atoms with E-state index in [0.717, 1.165) is 19.1 Å². The lowest BCUT2D eigenvalue weighted by Crippen LogP contribution is -2.25. The maximum atomic E-state index is 5.59. The van der Waals surface area contributed by atoms with Crippen molar-refractivity contribution in [2.24, 2.45) is 5.92 Å². The SMILES string of the molecule is CCCC(CCCOCCC(C)C)NC. The third-order valence-electron chi connectivity index (χ3n) is 2.73. The van der Waals surface area contributed by atoms with Gasteiger partial charge in [-0.2, -0.15) is 0 Å². The van der Waals surface area contributed by atoms with Crippen molar-refractivity contribution >= 4 is 0 Å². The Hall–Kier alpha value is -0.0800. The van der Waals surface area contributed by atoms with Crippen LogP contribution in [-0.2, 0) is 4.74 Å². The highest BCUT2D eigenvalue weighted by molar-refractivity contribution is 4.63. The van der Waals surface area contributed by atoms with Crippen LogP contribution in [0.3, 0.4) is 0 Å². The smallest absolute Gasteiger partial charge is 0.0468 e. The minimum Gasteiger partial charge on any atom is -0.381 e. The summed E-state index contributed by atoms with van der Waals surface area (Å²) in [6, 6.07) is 0.684. The third kappa shape index (κ3) is 10.2. The van der Waals surface area contributed by atoms with Crippen molar-refractivity contribution in [1.82, 2.24) is 5.32 Å². The number of hydrogen-bond acceptors (Lipinski definition) is 2. The van der Waals surface area contributed by atoms with E-state index in [1.165, 1.54) is 32.1 Å². The summed E-state index contributed by atoms with van der Waals surface area (Å²) in [6.45, 7) is 8.57. The standard InChI is InChI=1S/C13H29NO/c1-5-7-13(14-4)8-6-10-15-11-9-12(2)3/h12-14H,5-11H2,1-4H3. The summed E-state index contributed by atoms with van der Waals surface area (Å²) in [5, 5.41) is 3.36. The van der Waals surface area contributed by atoms with Crippen LogP contribution in [0.25, 0.3) is 0 Å². The lowest BCUT2D eigenvalue weighted by molar-refractivity contribution is 0.118. The summed E-state index contributed by atoms with van der Waals surface area (Å²) < 4.78 is 5.59. The molecule has 2 nitrogen and oxygen atoms in total. The van der Waals surface area contributed by atoms with Crippen LogP contribution in [0.15, 0.2) is 0 Å². The zero-order valence-electron chi connectivity index (χ0n) is 11.0. The Bertz CT molecular complexity index is 126. The second-order valence-corrected chi connectivity index (χ2v) is 4.71. The molecule has 0 aromatic heterocycles. The average Bonchev–Trinajstić information content (AvgIpc) is 2.21. The molecule has 0 aromatic rings. The number of rotatable bonds is 10. The molecule has 0 spiro atoms. The van der Waals surface area contributed by atoms with E-state index >= 15 is 0 Å². The van der Waals surface area contributed by atoms with Crippen LogP contribution in [0.4, 0.5) is 0 Å². The summed E-state index contributed by atoms with van der Waals surface area (Å²) >= 11 is 0. The summed E-state index contributed by atoms with van der Waals surface area (Å²) in [5.74, 6) is 0.759. The normalized spacial score (nSPS) is 13.4. The molecule has 0 aromatic carbocycles. The van der Waals surface area contributed by atoms with Crippen LogP contribution >= 0.6 is 0 Å². The average molecular weight is 215 g/mol. The van der Waals surface area contributed by atoms with E-state index in [4.69, 9.17) is 4.74 Å². The quantitative estimate of drug-likeness (QED) is 0.565. The van der Waals surface area contributed by atoms with Crippen LogP contribution in [-0.4, -0.2) is 26.3 Å². The lowest BCUT2D eigenvalue weighted by atomic mass is 10.1. The molecule has 1 N–H and O–H groups in total. The molecule has 0 amide bonds. The minimum atomic E-state index is 0.684. The van der Waals surface area contributed by atoms with E-state index in [1.807, 2.05) is 0 Å². The third-order valence-corrected chi connectivity index (χ3v) is 2.73. The molecule has 0 bridgehead atoms. The maximum absolute atomic E-state index is 5.59. The van der Waals surface area contributed by atoms with E-state index in [1.54, 1.807) is 0 Å². The second kappa shape index (κ2) is 10.4. The molecule has 0 aliphatic rings. The van der Waals surface area contributed by atoms with Gasteiger partial charge < -0.3 is 10.1 Å². The van der Waals surface area contributed by atoms with Gasteiger partial charge in [0.2, 0.25) is 0 Å². The first-order valence-corrected chi connectivity index (χ1v) is 6.45. The fourth-order valence-corrected chi connectivity index (χ4v) is 1.63. The highest BCUT2D eigenvalue weighted by Crippen LogP contribution is 2.05. The fourth-order valence-electron chi connectivity index (χ4n) is 1.63. The van der Waals surface area contributed by atoms with Gasteiger partial charge in [-0.25, -0.2) is 0 Å². The van der Waals surface area contributed by atoms with Gasteiger partial charge in [0.15, 0.2) is 0 Å². The number of ether oxygens (including phenoxy) is 1. The first-order chi connectivity index (χ1) is 7.20. The van der Waals surface area contributed by atoms with Gasteiger partial charge in [0.1, 0.15) is 0 Å². The van der Waals surface area contributed by atoms with E-state index in [9.17, 15) is 0 Å². The molecule has 0 aliphatic carbocycles. The molecule has 0 aliphatic heterocycles. The zero-order chi connectivity index (χ0) is 11.5. The molecule has 92 valence electrons. The molecular weight excluding hydrogens is 186 g/mol. The van der Waals surface area contributed by atoms with Crippen molar-refractivity contribution in [1.29, 1.82) is 0 Å². The van der Waals surface area contributed by atoms with Crippen LogP contribution in [0.2, 0.25) is 0 Å². The minimum absolute atomic E-state index is 0.684. The predicted molar refractivity (Wildman–Crippen MR) is 67.3 cm³/mol. The van der Waals surface area contributed by atoms with Gasteiger partial charge in [-0.1, -0.05) is 27.2 Å². The van der Waals surface area contributed by atoms with Gasteiger partial charge in [0, 0.05) is 19.3 Å². The molecule has 2 heteroatoms. The molecule has 1 atom stereocenters. The second-order valence-electron chi connectivity index (χ2n) is 4.71. The molecule has 15 heavy (non-hydrogen) atoms. The van der Waals surface area contributed by atoms with Gasteiger partial charge in [-0.15, -0.1) is 0 Å². The van der Waals surface area contributed by atoms with Gasteiger partial charge in [-0.3, -0.25) is 0 Å². The van der Waals surface area contributed by atoms with Crippen LogP contribution in [0, 0.1) is 5.92 Å². The molecule has 1 unspecified atom stereocenters. The Morgan fingerprint density at radius 2 is 1.80 bits per heavy atom. The molecular formula is C13H29NO. The van der Waals surface area contributed by atoms with Gasteiger partial charge >= 0.3 is 0 Å². The van der Waals surface area contributed by atoms with Crippen molar-refractivity contribution in [2.45, 2.75) is 58.9 Å². The van der Waals surface area contributed by atoms with Crippen LogP contribution in [0.1, 0.15) is 52.9 Å². The predicted octanol–water partition coefficient (Wildman–Crippen LogP) is 3.22. The highest BCUT2D eigenvalue weighted by Gasteiger charge is 2.03. The maximum Gasteiger partial charge on any atom is 0.0468 e.